The van der Waals surface area contributed by atoms with E-state index in [1.807, 2.05) is 57.2 Å². The fourth-order valence-electron chi connectivity index (χ4n) is 3.60. The molecule has 32 heavy (non-hydrogen) atoms. The molecule has 0 saturated carbocycles. The van der Waals surface area contributed by atoms with Crippen LogP contribution in [0.2, 0.25) is 0 Å². The molecule has 0 aliphatic rings. The third kappa shape index (κ3) is 4.08. The van der Waals surface area contributed by atoms with Gasteiger partial charge >= 0.3 is 0 Å². The van der Waals surface area contributed by atoms with Crippen molar-refractivity contribution < 1.29 is 14.0 Å². The summed E-state index contributed by atoms with van der Waals surface area (Å²) in [4.78, 5) is 21.5. The van der Waals surface area contributed by atoms with Crippen molar-refractivity contribution in [2.45, 2.75) is 40.7 Å². The minimum Gasteiger partial charge on any atom is -0.490 e. The summed E-state index contributed by atoms with van der Waals surface area (Å²) in [6, 6.07) is 11.2. The first-order chi connectivity index (χ1) is 15.5. The van der Waals surface area contributed by atoms with Gasteiger partial charge in [-0.05, 0) is 63.6 Å². The molecule has 0 spiro atoms. The highest BCUT2D eigenvalue weighted by Crippen LogP contribution is 2.33. The first-order valence-electron chi connectivity index (χ1n) is 10.8. The molecule has 8 heteroatoms. The molecule has 0 N–H and O–H groups in total. The Hall–Kier alpha value is -3.68. The summed E-state index contributed by atoms with van der Waals surface area (Å²) >= 11 is 0. The Bertz CT molecular complexity index is 1310. The van der Waals surface area contributed by atoms with Crippen molar-refractivity contribution in [2.75, 3.05) is 13.2 Å². The molecule has 0 unspecified atom stereocenters. The standard InChI is InChI=1S/C24H26N4O4/c1-5-12-28-19-10-8-16(13-18(19)25-15(4)24(28)29)22-26-23(32-27-22)17-9-11-20(30-6-2)21(14-17)31-7-3/h8-11,13-14H,5-7,12H2,1-4H3. The highest BCUT2D eigenvalue weighted by molar-refractivity contribution is 5.80. The predicted octanol–water partition coefficient (Wildman–Crippen LogP) is 4.63. The molecule has 166 valence electrons. The molecule has 2 heterocycles. The number of benzene rings is 2. The monoisotopic (exact) mass is 434 g/mol. The zero-order valence-corrected chi connectivity index (χ0v) is 18.7. The van der Waals surface area contributed by atoms with Gasteiger partial charge in [-0.1, -0.05) is 12.1 Å². The van der Waals surface area contributed by atoms with E-state index in [1.165, 1.54) is 0 Å². The Morgan fingerprint density at radius 1 is 0.938 bits per heavy atom. The average molecular weight is 434 g/mol. The van der Waals surface area contributed by atoms with E-state index in [0.717, 1.165) is 28.6 Å². The van der Waals surface area contributed by atoms with Crippen LogP contribution in [0.1, 0.15) is 32.9 Å². The average Bonchev–Trinajstić information content (AvgIpc) is 3.28. The third-order valence-corrected chi connectivity index (χ3v) is 5.03. The van der Waals surface area contributed by atoms with E-state index >= 15 is 0 Å². The lowest BCUT2D eigenvalue weighted by Crippen LogP contribution is -2.24. The fourth-order valence-corrected chi connectivity index (χ4v) is 3.60. The lowest BCUT2D eigenvalue weighted by atomic mass is 10.1. The van der Waals surface area contributed by atoms with E-state index in [4.69, 9.17) is 14.0 Å². The molecule has 0 fully saturated rings. The van der Waals surface area contributed by atoms with Crippen molar-refractivity contribution in [2.24, 2.45) is 0 Å². The van der Waals surface area contributed by atoms with E-state index in [0.29, 0.717) is 48.7 Å². The topological polar surface area (TPSA) is 92.3 Å². The summed E-state index contributed by atoms with van der Waals surface area (Å²) in [7, 11) is 0. The highest BCUT2D eigenvalue weighted by atomic mass is 16.5. The van der Waals surface area contributed by atoms with Crippen molar-refractivity contribution in [3.63, 3.8) is 0 Å². The van der Waals surface area contributed by atoms with Crippen molar-refractivity contribution in [3.8, 4) is 34.3 Å². The van der Waals surface area contributed by atoms with Crippen molar-refractivity contribution in [1.29, 1.82) is 0 Å². The summed E-state index contributed by atoms with van der Waals surface area (Å²) < 4.78 is 18.6. The molecule has 0 amide bonds. The van der Waals surface area contributed by atoms with Crippen LogP contribution in [0.25, 0.3) is 33.9 Å². The van der Waals surface area contributed by atoms with Crippen molar-refractivity contribution in [3.05, 3.63) is 52.4 Å². The van der Waals surface area contributed by atoms with Crippen LogP contribution in [0.4, 0.5) is 0 Å². The minimum absolute atomic E-state index is 0.0606. The van der Waals surface area contributed by atoms with Crippen LogP contribution in [-0.2, 0) is 6.54 Å². The molecule has 8 nitrogen and oxygen atoms in total. The summed E-state index contributed by atoms with van der Waals surface area (Å²) in [5.74, 6) is 2.13. The molecule has 0 saturated heterocycles. The number of hydrogen-bond donors (Lipinski definition) is 0. The van der Waals surface area contributed by atoms with Gasteiger partial charge in [0.15, 0.2) is 11.5 Å². The Morgan fingerprint density at radius 3 is 2.44 bits per heavy atom. The number of nitrogens with zero attached hydrogens (tertiary/aromatic N) is 4. The second kappa shape index (κ2) is 9.21. The molecule has 0 bridgehead atoms. The molecule has 0 aliphatic heterocycles. The SMILES string of the molecule is CCCn1c(=O)c(C)nc2cc(-c3noc(-c4ccc(OCC)c(OCC)c4)n3)ccc21. The number of aryl methyl sites for hydroxylation is 2. The quantitative estimate of drug-likeness (QED) is 0.399. The Labute approximate surface area is 185 Å². The maximum atomic E-state index is 12.5. The minimum atomic E-state index is -0.0606. The second-order valence-electron chi connectivity index (χ2n) is 7.31. The van der Waals surface area contributed by atoms with E-state index in [2.05, 4.69) is 15.1 Å². The molecule has 4 aromatic rings. The van der Waals surface area contributed by atoms with Crippen LogP contribution in [0.15, 0.2) is 45.7 Å². The van der Waals surface area contributed by atoms with Crippen molar-refractivity contribution in [1.82, 2.24) is 19.7 Å². The van der Waals surface area contributed by atoms with Gasteiger partial charge in [0, 0.05) is 17.7 Å². The Kier molecular flexibility index (Phi) is 6.20. The molecule has 0 atom stereocenters. The van der Waals surface area contributed by atoms with Crippen molar-refractivity contribution >= 4 is 11.0 Å². The van der Waals surface area contributed by atoms with Crippen LogP contribution < -0.4 is 15.0 Å². The molecular weight excluding hydrogens is 408 g/mol. The highest BCUT2D eigenvalue weighted by Gasteiger charge is 2.15. The number of rotatable bonds is 8. The fraction of sp³-hybridized carbons (Fsp3) is 0.333. The molecule has 2 aromatic heterocycles. The predicted molar refractivity (Wildman–Crippen MR) is 122 cm³/mol. The Morgan fingerprint density at radius 2 is 1.69 bits per heavy atom. The number of hydrogen-bond acceptors (Lipinski definition) is 7. The zero-order valence-electron chi connectivity index (χ0n) is 18.7. The summed E-state index contributed by atoms with van der Waals surface area (Å²) in [6.45, 7) is 9.33. The van der Waals surface area contributed by atoms with Gasteiger partial charge in [0.05, 0.1) is 24.2 Å². The van der Waals surface area contributed by atoms with Gasteiger partial charge in [-0.2, -0.15) is 4.98 Å². The third-order valence-electron chi connectivity index (χ3n) is 5.03. The first-order valence-corrected chi connectivity index (χ1v) is 10.8. The normalized spacial score (nSPS) is 11.1. The number of fused-ring (bicyclic) bond motifs is 1. The second-order valence-corrected chi connectivity index (χ2v) is 7.31. The maximum Gasteiger partial charge on any atom is 0.272 e. The van der Waals surface area contributed by atoms with E-state index in [9.17, 15) is 4.79 Å². The van der Waals surface area contributed by atoms with Crippen LogP contribution in [-0.4, -0.2) is 32.9 Å². The maximum absolute atomic E-state index is 12.5. The lowest BCUT2D eigenvalue weighted by molar-refractivity contribution is 0.288. The molecule has 0 aliphatic carbocycles. The van der Waals surface area contributed by atoms with E-state index in [-0.39, 0.29) is 5.56 Å². The lowest BCUT2D eigenvalue weighted by Gasteiger charge is -2.11. The number of ether oxygens (including phenoxy) is 2. The van der Waals surface area contributed by atoms with Crippen LogP contribution in [0.3, 0.4) is 0 Å². The molecular formula is C24H26N4O4. The zero-order chi connectivity index (χ0) is 22.7. The van der Waals surface area contributed by atoms with Gasteiger partial charge in [-0.3, -0.25) is 4.79 Å². The van der Waals surface area contributed by atoms with E-state index < -0.39 is 0 Å². The Balaban J connectivity index is 1.71. The number of aromatic nitrogens is 4. The van der Waals surface area contributed by atoms with Gasteiger partial charge in [0.2, 0.25) is 5.82 Å². The van der Waals surface area contributed by atoms with Gasteiger partial charge < -0.3 is 18.6 Å². The van der Waals surface area contributed by atoms with Gasteiger partial charge in [-0.15, -0.1) is 0 Å². The molecule has 0 radical (unpaired) electrons. The van der Waals surface area contributed by atoms with Gasteiger partial charge in [-0.25, -0.2) is 4.98 Å². The van der Waals surface area contributed by atoms with Gasteiger partial charge in [0.25, 0.3) is 11.4 Å². The summed E-state index contributed by atoms with van der Waals surface area (Å²) in [6.07, 6.45) is 0.861. The van der Waals surface area contributed by atoms with Crippen LogP contribution >= 0.6 is 0 Å². The molecule has 4 rings (SSSR count). The van der Waals surface area contributed by atoms with Crippen LogP contribution in [0, 0.1) is 6.92 Å². The molecule has 2 aromatic carbocycles. The summed E-state index contributed by atoms with van der Waals surface area (Å²) in [5, 5.41) is 4.15. The smallest absolute Gasteiger partial charge is 0.272 e. The summed E-state index contributed by atoms with van der Waals surface area (Å²) in [5.41, 5.74) is 3.42. The largest absolute Gasteiger partial charge is 0.490 e. The van der Waals surface area contributed by atoms with Gasteiger partial charge in [0.1, 0.15) is 5.69 Å². The van der Waals surface area contributed by atoms with E-state index in [1.54, 1.807) is 11.5 Å². The first kappa shape index (κ1) is 21.5. The van der Waals surface area contributed by atoms with Crippen LogP contribution in [0.5, 0.6) is 11.5 Å².